The molecule has 2 aromatic rings. The summed E-state index contributed by atoms with van der Waals surface area (Å²) < 4.78 is 32.4. The van der Waals surface area contributed by atoms with Crippen LogP contribution in [0.15, 0.2) is 41.3 Å². The molecule has 0 saturated carbocycles. The number of hydrogen-bond donors (Lipinski definition) is 2. The number of nitrogens with one attached hydrogen (secondary N) is 1. The number of aliphatic hydroxyl groups excluding tert-OH is 1. The van der Waals surface area contributed by atoms with E-state index in [4.69, 9.17) is 4.74 Å². The highest BCUT2D eigenvalue weighted by molar-refractivity contribution is 7.93. The van der Waals surface area contributed by atoms with Gasteiger partial charge in [-0.25, -0.2) is 13.1 Å². The Morgan fingerprint density at radius 1 is 1.28 bits per heavy atom. The fourth-order valence-electron chi connectivity index (χ4n) is 3.11. The first-order valence-corrected chi connectivity index (χ1v) is 11.1. The highest BCUT2D eigenvalue weighted by Crippen LogP contribution is 2.25. The average Bonchev–Trinajstić information content (AvgIpc) is 2.75. The first kappa shape index (κ1) is 21.3. The number of aliphatic hydroxyl groups is 1. The van der Waals surface area contributed by atoms with Gasteiger partial charge in [-0.05, 0) is 47.0 Å². The normalized spacial score (nSPS) is 16.6. The van der Waals surface area contributed by atoms with Gasteiger partial charge < -0.3 is 14.7 Å². The molecule has 1 aliphatic rings. The lowest BCUT2D eigenvalue weighted by atomic mass is 10.1. The largest absolute Gasteiger partial charge is 0.392 e. The Bertz CT molecular complexity index is 1040. The van der Waals surface area contributed by atoms with Gasteiger partial charge in [0, 0.05) is 25.3 Å². The molecule has 8 heteroatoms. The maximum atomic E-state index is 12.3. The third-order valence-electron chi connectivity index (χ3n) is 4.90. The molecule has 7 nitrogen and oxygen atoms in total. The first-order chi connectivity index (χ1) is 13.9. The van der Waals surface area contributed by atoms with Crippen LogP contribution in [-0.4, -0.2) is 52.5 Å². The van der Waals surface area contributed by atoms with Gasteiger partial charge in [0.2, 0.25) is 0 Å². The molecule has 1 saturated heterocycles. The van der Waals surface area contributed by atoms with Gasteiger partial charge in [0.25, 0.3) is 10.0 Å². The zero-order chi connectivity index (χ0) is 20.9. The zero-order valence-corrected chi connectivity index (χ0v) is 17.2. The summed E-state index contributed by atoms with van der Waals surface area (Å²) in [7, 11) is -3.98. The van der Waals surface area contributed by atoms with Crippen molar-refractivity contribution in [3.63, 3.8) is 0 Å². The number of nitrogens with zero attached hydrogens (tertiary/aromatic N) is 2. The standard InChI is InChI=1S/C21H25N3O4S/c1-2-20(25)15-23-29(26,27)21(14-22)12-16-3-4-18-13-19(6-5-17(18)11-16)24-7-9-28-10-8-24/h3-6,11-13,20,23,25H,2,7-10,15H2,1H3/b21-12+. The molecule has 0 radical (unpaired) electrons. The van der Waals surface area contributed by atoms with E-state index in [2.05, 4.69) is 15.7 Å². The molecule has 1 atom stereocenters. The highest BCUT2D eigenvalue weighted by Gasteiger charge is 2.18. The molecular weight excluding hydrogens is 390 g/mol. The Hall–Kier alpha value is -2.44. The van der Waals surface area contributed by atoms with Crippen molar-refractivity contribution in [1.82, 2.24) is 4.72 Å². The SMILES string of the molecule is CCC(O)CNS(=O)(=O)/C(C#N)=C/c1ccc2cc(N3CCOCC3)ccc2c1. The van der Waals surface area contributed by atoms with Crippen LogP contribution >= 0.6 is 0 Å². The van der Waals surface area contributed by atoms with Crippen LogP contribution in [0.5, 0.6) is 0 Å². The lowest BCUT2D eigenvalue weighted by Crippen LogP contribution is -2.36. The molecule has 0 spiro atoms. The number of rotatable bonds is 7. The number of nitriles is 1. The van der Waals surface area contributed by atoms with Crippen molar-refractivity contribution in [3.8, 4) is 6.07 Å². The lowest BCUT2D eigenvalue weighted by Gasteiger charge is -2.29. The summed E-state index contributed by atoms with van der Waals surface area (Å²) in [5, 5.41) is 20.9. The molecule has 2 aromatic carbocycles. The van der Waals surface area contributed by atoms with Crippen molar-refractivity contribution in [2.24, 2.45) is 0 Å². The third kappa shape index (κ3) is 5.34. The van der Waals surface area contributed by atoms with Crippen LogP contribution in [0, 0.1) is 11.3 Å². The summed E-state index contributed by atoms with van der Waals surface area (Å²) in [6.07, 6.45) is 0.979. The second-order valence-electron chi connectivity index (χ2n) is 6.92. The third-order valence-corrected chi connectivity index (χ3v) is 6.24. The summed E-state index contributed by atoms with van der Waals surface area (Å²) in [5.41, 5.74) is 1.75. The van der Waals surface area contributed by atoms with E-state index in [1.807, 2.05) is 24.3 Å². The van der Waals surface area contributed by atoms with E-state index < -0.39 is 16.1 Å². The first-order valence-electron chi connectivity index (χ1n) is 9.59. The van der Waals surface area contributed by atoms with Gasteiger partial charge in [-0.3, -0.25) is 0 Å². The summed E-state index contributed by atoms with van der Waals surface area (Å²) >= 11 is 0. The van der Waals surface area contributed by atoms with Crippen molar-refractivity contribution < 1.29 is 18.3 Å². The van der Waals surface area contributed by atoms with Crippen molar-refractivity contribution in [1.29, 1.82) is 5.26 Å². The molecule has 1 fully saturated rings. The number of ether oxygens (including phenoxy) is 1. The van der Waals surface area contributed by atoms with Gasteiger partial charge in [-0.1, -0.05) is 25.1 Å². The smallest absolute Gasteiger partial charge is 0.250 e. The molecule has 3 rings (SSSR count). The highest BCUT2D eigenvalue weighted by atomic mass is 32.2. The Morgan fingerprint density at radius 2 is 1.97 bits per heavy atom. The fourth-order valence-corrected chi connectivity index (χ4v) is 4.09. The molecule has 2 N–H and O–H groups in total. The Morgan fingerprint density at radius 3 is 2.66 bits per heavy atom. The van der Waals surface area contributed by atoms with Crippen molar-refractivity contribution in [2.75, 3.05) is 37.7 Å². The molecule has 1 heterocycles. The van der Waals surface area contributed by atoms with Crippen LogP contribution in [0.1, 0.15) is 18.9 Å². The Kier molecular flexibility index (Phi) is 6.87. The monoisotopic (exact) mass is 415 g/mol. The molecule has 0 aliphatic carbocycles. The van der Waals surface area contributed by atoms with Crippen molar-refractivity contribution in [2.45, 2.75) is 19.4 Å². The predicted octanol–water partition coefficient (Wildman–Crippen LogP) is 2.23. The second kappa shape index (κ2) is 9.37. The minimum Gasteiger partial charge on any atom is -0.392 e. The number of morpholine rings is 1. The summed E-state index contributed by atoms with van der Waals surface area (Å²) in [6, 6.07) is 13.4. The average molecular weight is 416 g/mol. The Labute approximate surface area is 171 Å². The quantitative estimate of drug-likeness (QED) is 0.673. The molecule has 0 bridgehead atoms. The number of anilines is 1. The minimum atomic E-state index is -3.98. The molecule has 0 amide bonds. The molecule has 0 aromatic heterocycles. The number of hydrogen-bond acceptors (Lipinski definition) is 6. The summed E-state index contributed by atoms with van der Waals surface area (Å²) in [4.78, 5) is 1.89. The summed E-state index contributed by atoms with van der Waals surface area (Å²) in [5.74, 6) is 0. The van der Waals surface area contributed by atoms with E-state index in [0.29, 0.717) is 12.0 Å². The number of benzene rings is 2. The number of sulfonamides is 1. The Balaban J connectivity index is 1.84. The van der Waals surface area contributed by atoms with Crippen molar-refractivity contribution >= 4 is 32.6 Å². The number of fused-ring (bicyclic) bond motifs is 1. The topological polar surface area (TPSA) is 103 Å². The van der Waals surface area contributed by atoms with Crippen LogP contribution < -0.4 is 9.62 Å². The van der Waals surface area contributed by atoms with Gasteiger partial charge in [-0.15, -0.1) is 0 Å². The second-order valence-corrected chi connectivity index (χ2v) is 8.66. The van der Waals surface area contributed by atoms with Crippen LogP contribution in [0.25, 0.3) is 16.8 Å². The van der Waals surface area contributed by atoms with E-state index in [-0.39, 0.29) is 11.4 Å². The lowest BCUT2D eigenvalue weighted by molar-refractivity contribution is 0.122. The predicted molar refractivity (Wildman–Crippen MR) is 114 cm³/mol. The van der Waals surface area contributed by atoms with Crippen LogP contribution in [0.4, 0.5) is 5.69 Å². The van der Waals surface area contributed by atoms with Gasteiger partial charge in [0.15, 0.2) is 4.91 Å². The van der Waals surface area contributed by atoms with E-state index in [1.54, 1.807) is 19.1 Å². The van der Waals surface area contributed by atoms with E-state index in [1.165, 1.54) is 6.08 Å². The maximum Gasteiger partial charge on any atom is 0.250 e. The van der Waals surface area contributed by atoms with E-state index in [9.17, 15) is 18.8 Å². The maximum absolute atomic E-state index is 12.3. The number of allylic oxidation sites excluding steroid dienone is 1. The van der Waals surface area contributed by atoms with E-state index >= 15 is 0 Å². The van der Waals surface area contributed by atoms with Gasteiger partial charge in [0.1, 0.15) is 6.07 Å². The molecule has 29 heavy (non-hydrogen) atoms. The molecular formula is C21H25N3O4S. The minimum absolute atomic E-state index is 0.125. The molecule has 154 valence electrons. The summed E-state index contributed by atoms with van der Waals surface area (Å²) in [6.45, 7) is 4.78. The zero-order valence-electron chi connectivity index (χ0n) is 16.3. The molecule has 1 unspecified atom stereocenters. The fraction of sp³-hybridized carbons (Fsp3) is 0.381. The van der Waals surface area contributed by atoms with Crippen LogP contribution in [-0.2, 0) is 14.8 Å². The van der Waals surface area contributed by atoms with Crippen LogP contribution in [0.3, 0.4) is 0 Å². The van der Waals surface area contributed by atoms with E-state index in [0.717, 1.165) is 42.8 Å². The molecule has 1 aliphatic heterocycles. The van der Waals surface area contributed by atoms with Gasteiger partial charge >= 0.3 is 0 Å². The van der Waals surface area contributed by atoms with Gasteiger partial charge in [-0.2, -0.15) is 5.26 Å². The van der Waals surface area contributed by atoms with Crippen LogP contribution in [0.2, 0.25) is 0 Å². The van der Waals surface area contributed by atoms with Crippen molar-refractivity contribution in [3.05, 3.63) is 46.9 Å². The van der Waals surface area contributed by atoms with Gasteiger partial charge in [0.05, 0.1) is 19.3 Å².